The zero-order valence-electron chi connectivity index (χ0n) is 12.5. The molecule has 1 saturated carbocycles. The van der Waals surface area contributed by atoms with Crippen molar-refractivity contribution in [3.63, 3.8) is 0 Å². The highest BCUT2D eigenvalue weighted by Gasteiger charge is 2.42. The molecule has 0 aliphatic heterocycles. The van der Waals surface area contributed by atoms with Gasteiger partial charge in [0, 0.05) is 18.4 Å². The molecule has 0 radical (unpaired) electrons. The smallest absolute Gasteiger partial charge is 0.220 e. The number of nitrogens with one attached hydrogen (secondary N) is 1. The summed E-state index contributed by atoms with van der Waals surface area (Å²) in [5.41, 5.74) is 1.26. The van der Waals surface area contributed by atoms with Crippen LogP contribution in [0.3, 0.4) is 0 Å². The van der Waals surface area contributed by atoms with Gasteiger partial charge in [-0.25, -0.2) is 0 Å². The van der Waals surface area contributed by atoms with Crippen LogP contribution in [-0.4, -0.2) is 24.2 Å². The fraction of sp³-hybridized carbons (Fsp3) is 0.588. The zero-order valence-corrected chi connectivity index (χ0v) is 12.5. The molecule has 2 rings (SSSR count). The number of aliphatic hydroxyl groups excluding tert-OH is 1. The van der Waals surface area contributed by atoms with E-state index in [1.165, 1.54) is 5.56 Å². The van der Waals surface area contributed by atoms with E-state index < -0.39 is 0 Å². The van der Waals surface area contributed by atoms with E-state index in [4.69, 9.17) is 0 Å². The quantitative estimate of drug-likeness (QED) is 0.803. The van der Waals surface area contributed by atoms with E-state index in [-0.39, 0.29) is 23.3 Å². The van der Waals surface area contributed by atoms with Crippen molar-refractivity contribution in [1.82, 2.24) is 5.32 Å². The van der Waals surface area contributed by atoms with Gasteiger partial charge in [-0.15, -0.1) is 0 Å². The first-order valence-corrected chi connectivity index (χ1v) is 7.41. The van der Waals surface area contributed by atoms with Crippen LogP contribution in [0.5, 0.6) is 0 Å². The Morgan fingerprint density at radius 2 is 1.95 bits per heavy atom. The Kier molecular flexibility index (Phi) is 4.48. The summed E-state index contributed by atoms with van der Waals surface area (Å²) < 4.78 is 0. The Labute approximate surface area is 121 Å². The van der Waals surface area contributed by atoms with Crippen LogP contribution in [0.25, 0.3) is 0 Å². The number of hydrogen-bond donors (Lipinski definition) is 2. The molecule has 1 aromatic carbocycles. The lowest BCUT2D eigenvalue weighted by molar-refractivity contribution is -0.121. The van der Waals surface area contributed by atoms with Crippen LogP contribution >= 0.6 is 0 Å². The van der Waals surface area contributed by atoms with Gasteiger partial charge in [0.1, 0.15) is 0 Å². The van der Waals surface area contributed by atoms with Gasteiger partial charge in [0.05, 0.1) is 6.61 Å². The van der Waals surface area contributed by atoms with Gasteiger partial charge in [0.25, 0.3) is 0 Å². The van der Waals surface area contributed by atoms with Gasteiger partial charge in [0.15, 0.2) is 0 Å². The topological polar surface area (TPSA) is 49.3 Å². The van der Waals surface area contributed by atoms with Crippen molar-refractivity contribution in [2.75, 3.05) is 13.2 Å². The highest BCUT2D eigenvalue weighted by molar-refractivity contribution is 5.76. The van der Waals surface area contributed by atoms with Crippen LogP contribution in [0, 0.1) is 5.41 Å². The molecule has 20 heavy (non-hydrogen) atoms. The maximum absolute atomic E-state index is 11.9. The Bertz CT molecular complexity index is 449. The predicted molar refractivity (Wildman–Crippen MR) is 80.5 cm³/mol. The molecule has 0 unspecified atom stereocenters. The van der Waals surface area contributed by atoms with Crippen molar-refractivity contribution in [3.05, 3.63) is 35.9 Å². The summed E-state index contributed by atoms with van der Waals surface area (Å²) in [7, 11) is 0. The lowest BCUT2D eigenvalue weighted by Gasteiger charge is -2.25. The number of carbonyl (C=O) groups excluding carboxylic acids is 1. The fourth-order valence-corrected chi connectivity index (χ4v) is 2.40. The van der Waals surface area contributed by atoms with E-state index in [1.54, 1.807) is 0 Å². The normalized spacial score (nSPS) is 16.8. The molecule has 1 aliphatic carbocycles. The van der Waals surface area contributed by atoms with E-state index in [0.29, 0.717) is 13.0 Å². The SMILES string of the molecule is CC(C)(CCC(=O)NCC1(CO)CC1)c1ccccc1. The Morgan fingerprint density at radius 1 is 1.30 bits per heavy atom. The first kappa shape index (κ1) is 15.0. The summed E-state index contributed by atoms with van der Waals surface area (Å²) >= 11 is 0. The highest BCUT2D eigenvalue weighted by atomic mass is 16.3. The van der Waals surface area contributed by atoms with Crippen molar-refractivity contribution in [1.29, 1.82) is 0 Å². The second-order valence-corrected chi connectivity index (χ2v) is 6.68. The lowest BCUT2D eigenvalue weighted by Crippen LogP contribution is -2.32. The fourth-order valence-electron chi connectivity index (χ4n) is 2.40. The van der Waals surface area contributed by atoms with Gasteiger partial charge >= 0.3 is 0 Å². The molecule has 0 saturated heterocycles. The van der Waals surface area contributed by atoms with Crippen molar-refractivity contribution in [3.8, 4) is 0 Å². The summed E-state index contributed by atoms with van der Waals surface area (Å²) in [6, 6.07) is 10.3. The molecule has 0 heterocycles. The summed E-state index contributed by atoms with van der Waals surface area (Å²) in [6.45, 7) is 5.15. The van der Waals surface area contributed by atoms with Crippen LogP contribution in [0.15, 0.2) is 30.3 Å². The minimum Gasteiger partial charge on any atom is -0.396 e. The molecule has 1 aromatic rings. The Hall–Kier alpha value is -1.35. The first-order valence-electron chi connectivity index (χ1n) is 7.41. The summed E-state index contributed by atoms with van der Waals surface area (Å²) in [5, 5.41) is 12.2. The molecule has 3 nitrogen and oxygen atoms in total. The van der Waals surface area contributed by atoms with E-state index in [2.05, 4.69) is 31.3 Å². The molecule has 0 spiro atoms. The average Bonchev–Trinajstić information content (AvgIpc) is 3.25. The van der Waals surface area contributed by atoms with Crippen LogP contribution < -0.4 is 5.32 Å². The maximum Gasteiger partial charge on any atom is 0.220 e. The van der Waals surface area contributed by atoms with Crippen molar-refractivity contribution in [2.24, 2.45) is 5.41 Å². The molecular formula is C17H25NO2. The standard InChI is InChI=1S/C17H25NO2/c1-16(2,14-6-4-3-5-7-14)9-8-15(20)18-12-17(13-19)10-11-17/h3-7,19H,8-13H2,1-2H3,(H,18,20). The molecule has 0 aromatic heterocycles. The zero-order chi connectivity index (χ0) is 14.6. The molecule has 1 amide bonds. The van der Waals surface area contributed by atoms with Crippen molar-refractivity contribution < 1.29 is 9.90 Å². The number of benzene rings is 1. The molecular weight excluding hydrogens is 250 g/mol. The Morgan fingerprint density at radius 3 is 2.50 bits per heavy atom. The molecule has 0 atom stereocenters. The summed E-state index contributed by atoms with van der Waals surface area (Å²) in [6.07, 6.45) is 3.41. The van der Waals surface area contributed by atoms with Gasteiger partial charge < -0.3 is 10.4 Å². The number of rotatable bonds is 7. The third kappa shape index (κ3) is 3.83. The average molecular weight is 275 g/mol. The van der Waals surface area contributed by atoms with Gasteiger partial charge in [-0.3, -0.25) is 4.79 Å². The second kappa shape index (κ2) is 5.96. The van der Waals surface area contributed by atoms with Crippen LogP contribution in [0.4, 0.5) is 0 Å². The Balaban J connectivity index is 1.78. The lowest BCUT2D eigenvalue weighted by atomic mass is 9.80. The molecule has 110 valence electrons. The number of amides is 1. The van der Waals surface area contributed by atoms with E-state index in [1.807, 2.05) is 18.2 Å². The largest absolute Gasteiger partial charge is 0.396 e. The third-order valence-corrected chi connectivity index (χ3v) is 4.49. The van der Waals surface area contributed by atoms with Crippen molar-refractivity contribution in [2.45, 2.75) is 44.9 Å². The summed E-state index contributed by atoms with van der Waals surface area (Å²) in [4.78, 5) is 11.9. The van der Waals surface area contributed by atoms with E-state index >= 15 is 0 Å². The maximum atomic E-state index is 11.9. The first-order chi connectivity index (χ1) is 9.47. The molecule has 1 aliphatic rings. The van der Waals surface area contributed by atoms with Crippen LogP contribution in [0.2, 0.25) is 0 Å². The number of hydrogen-bond acceptors (Lipinski definition) is 2. The van der Waals surface area contributed by atoms with E-state index in [0.717, 1.165) is 19.3 Å². The molecule has 3 heteroatoms. The van der Waals surface area contributed by atoms with Crippen LogP contribution in [-0.2, 0) is 10.2 Å². The van der Waals surface area contributed by atoms with Gasteiger partial charge in [0.2, 0.25) is 5.91 Å². The van der Waals surface area contributed by atoms with Crippen LogP contribution in [0.1, 0.15) is 45.1 Å². The molecule has 2 N–H and O–H groups in total. The highest BCUT2D eigenvalue weighted by Crippen LogP contribution is 2.44. The molecule has 1 fully saturated rings. The minimum atomic E-state index is -0.00932. The second-order valence-electron chi connectivity index (χ2n) is 6.68. The number of aliphatic hydroxyl groups is 1. The monoisotopic (exact) mass is 275 g/mol. The summed E-state index contributed by atoms with van der Waals surface area (Å²) in [5.74, 6) is 0.0914. The minimum absolute atomic E-state index is 0.00679. The van der Waals surface area contributed by atoms with E-state index in [9.17, 15) is 9.90 Å². The predicted octanol–water partition coefficient (Wildman–Crippen LogP) is 2.63. The van der Waals surface area contributed by atoms with Gasteiger partial charge in [-0.2, -0.15) is 0 Å². The number of carbonyl (C=O) groups is 1. The van der Waals surface area contributed by atoms with Crippen molar-refractivity contribution >= 4 is 5.91 Å². The van der Waals surface area contributed by atoms with Gasteiger partial charge in [-0.1, -0.05) is 44.2 Å². The third-order valence-electron chi connectivity index (χ3n) is 4.49. The molecule has 0 bridgehead atoms. The van der Waals surface area contributed by atoms with Gasteiger partial charge in [-0.05, 0) is 30.2 Å².